The number of aliphatic hydroxyl groups excluding tert-OH is 1. The molecule has 0 fully saturated rings. The summed E-state index contributed by atoms with van der Waals surface area (Å²) in [6.45, 7) is 1.66. The van der Waals surface area contributed by atoms with Crippen molar-refractivity contribution in [1.29, 1.82) is 0 Å². The van der Waals surface area contributed by atoms with Crippen LogP contribution in [0.1, 0.15) is 34.1 Å². The van der Waals surface area contributed by atoms with Crippen LogP contribution < -0.4 is 0 Å². The van der Waals surface area contributed by atoms with Gasteiger partial charge in [-0.05, 0) is 12.1 Å². The maximum Gasteiger partial charge on any atom is 0.309 e. The maximum atomic E-state index is 12.2. The molecule has 0 aliphatic carbocycles. The lowest BCUT2D eigenvalue weighted by Crippen LogP contribution is -2.39. The van der Waals surface area contributed by atoms with E-state index < -0.39 is 17.9 Å². The number of ether oxygens (including phenoxy) is 1. The van der Waals surface area contributed by atoms with E-state index in [0.717, 1.165) is 4.90 Å². The zero-order chi connectivity index (χ0) is 17.0. The minimum Gasteiger partial charge on any atom is -0.469 e. The smallest absolute Gasteiger partial charge is 0.309 e. The minimum atomic E-state index is -0.911. The van der Waals surface area contributed by atoms with Gasteiger partial charge in [0.25, 0.3) is 11.8 Å². The molecule has 0 bridgehead atoms. The van der Waals surface area contributed by atoms with E-state index in [4.69, 9.17) is 0 Å². The van der Waals surface area contributed by atoms with Gasteiger partial charge in [-0.1, -0.05) is 31.2 Å². The number of carbonyl (C=O) groups is 3. The molecule has 23 heavy (non-hydrogen) atoms. The molecule has 0 saturated carbocycles. The standard InChI is InChI=1S/C17H19NO5/c1-11(6-5-9-15(20)23-2)14(19)10-18-16(21)12-7-3-4-8-13(12)17(18)22/h3-8,11,14,19H,9-10H2,1-2H3/b6-5+. The highest BCUT2D eigenvalue weighted by atomic mass is 16.5. The van der Waals surface area contributed by atoms with Crippen LogP contribution in [0.15, 0.2) is 36.4 Å². The van der Waals surface area contributed by atoms with Crippen molar-refractivity contribution < 1.29 is 24.2 Å². The predicted molar refractivity (Wildman–Crippen MR) is 82.8 cm³/mol. The summed E-state index contributed by atoms with van der Waals surface area (Å²) in [5.41, 5.74) is 0.720. The molecule has 2 amide bonds. The van der Waals surface area contributed by atoms with E-state index in [-0.39, 0.29) is 24.9 Å². The molecule has 1 aromatic carbocycles. The Kier molecular flexibility index (Phi) is 5.28. The number of rotatable bonds is 6. The molecule has 2 rings (SSSR count). The first-order valence-corrected chi connectivity index (χ1v) is 7.32. The second-order valence-corrected chi connectivity index (χ2v) is 5.40. The molecule has 1 aliphatic heterocycles. The van der Waals surface area contributed by atoms with Crippen molar-refractivity contribution in [3.8, 4) is 0 Å². The Hall–Kier alpha value is -2.47. The number of fused-ring (bicyclic) bond motifs is 1. The summed E-state index contributed by atoms with van der Waals surface area (Å²) < 4.78 is 4.51. The third-order valence-corrected chi connectivity index (χ3v) is 3.81. The zero-order valence-corrected chi connectivity index (χ0v) is 13.1. The van der Waals surface area contributed by atoms with Crippen molar-refractivity contribution in [3.05, 3.63) is 47.5 Å². The summed E-state index contributed by atoms with van der Waals surface area (Å²) in [6, 6.07) is 6.59. The largest absolute Gasteiger partial charge is 0.469 e. The molecule has 0 spiro atoms. The van der Waals surface area contributed by atoms with Crippen LogP contribution >= 0.6 is 0 Å². The van der Waals surface area contributed by atoms with Gasteiger partial charge < -0.3 is 9.84 Å². The van der Waals surface area contributed by atoms with E-state index in [9.17, 15) is 19.5 Å². The van der Waals surface area contributed by atoms with Crippen LogP contribution in [0, 0.1) is 5.92 Å². The fourth-order valence-corrected chi connectivity index (χ4v) is 2.35. The fraction of sp³-hybridized carbons (Fsp3) is 0.353. The average Bonchev–Trinajstić information content (AvgIpc) is 2.79. The zero-order valence-electron chi connectivity index (χ0n) is 13.1. The number of methoxy groups -OCH3 is 1. The van der Waals surface area contributed by atoms with Crippen molar-refractivity contribution in [3.63, 3.8) is 0 Å². The molecule has 1 aliphatic rings. The first-order chi connectivity index (χ1) is 11.0. The molecule has 1 aromatic rings. The summed E-state index contributed by atoms with van der Waals surface area (Å²) in [4.78, 5) is 36.5. The Morgan fingerprint density at radius 3 is 2.35 bits per heavy atom. The molecule has 122 valence electrons. The Bertz CT molecular complexity index is 617. The van der Waals surface area contributed by atoms with Crippen LogP contribution in [0.5, 0.6) is 0 Å². The number of hydrogen-bond acceptors (Lipinski definition) is 5. The summed E-state index contributed by atoms with van der Waals surface area (Å²) in [7, 11) is 1.30. The van der Waals surface area contributed by atoms with Crippen LogP contribution in [0.4, 0.5) is 0 Å². The monoisotopic (exact) mass is 317 g/mol. The molecule has 1 heterocycles. The number of imide groups is 1. The Labute approximate surface area is 134 Å². The van der Waals surface area contributed by atoms with E-state index in [1.807, 2.05) is 0 Å². The van der Waals surface area contributed by atoms with Crippen LogP contribution in [0.25, 0.3) is 0 Å². The lowest BCUT2D eigenvalue weighted by atomic mass is 10.0. The highest BCUT2D eigenvalue weighted by molar-refractivity contribution is 6.21. The fourth-order valence-electron chi connectivity index (χ4n) is 2.35. The van der Waals surface area contributed by atoms with Gasteiger partial charge in [0.2, 0.25) is 0 Å². The van der Waals surface area contributed by atoms with Gasteiger partial charge in [-0.3, -0.25) is 19.3 Å². The molecular formula is C17H19NO5. The lowest BCUT2D eigenvalue weighted by Gasteiger charge is -2.21. The normalized spacial score (nSPS) is 16.6. The number of amides is 2. The molecule has 2 atom stereocenters. The van der Waals surface area contributed by atoms with Crippen molar-refractivity contribution in [1.82, 2.24) is 4.90 Å². The molecule has 6 heteroatoms. The van der Waals surface area contributed by atoms with Gasteiger partial charge in [-0.15, -0.1) is 0 Å². The Balaban J connectivity index is 1.98. The number of nitrogens with zero attached hydrogens (tertiary/aromatic N) is 1. The molecule has 6 nitrogen and oxygen atoms in total. The number of carbonyl (C=O) groups excluding carboxylic acids is 3. The quantitative estimate of drug-likeness (QED) is 0.487. The lowest BCUT2D eigenvalue weighted by molar-refractivity contribution is -0.139. The summed E-state index contributed by atoms with van der Waals surface area (Å²) in [5, 5.41) is 10.2. The van der Waals surface area contributed by atoms with E-state index >= 15 is 0 Å². The van der Waals surface area contributed by atoms with Crippen LogP contribution in [0.3, 0.4) is 0 Å². The number of β-amino-alcohol motifs (C(OH)–C–C–N with tert-alkyl or cyclic N) is 1. The van der Waals surface area contributed by atoms with Crippen LogP contribution in [0.2, 0.25) is 0 Å². The molecular weight excluding hydrogens is 298 g/mol. The summed E-state index contributed by atoms with van der Waals surface area (Å²) >= 11 is 0. The minimum absolute atomic E-state index is 0.0872. The summed E-state index contributed by atoms with van der Waals surface area (Å²) in [6.07, 6.45) is 2.47. The second kappa shape index (κ2) is 7.19. The number of benzene rings is 1. The predicted octanol–water partition coefficient (Wildman–Crippen LogP) is 1.40. The van der Waals surface area contributed by atoms with Gasteiger partial charge >= 0.3 is 5.97 Å². The van der Waals surface area contributed by atoms with Crippen molar-refractivity contribution >= 4 is 17.8 Å². The van der Waals surface area contributed by atoms with Gasteiger partial charge in [0.05, 0.1) is 37.3 Å². The topological polar surface area (TPSA) is 83.9 Å². The SMILES string of the molecule is COC(=O)C/C=C/C(C)C(O)CN1C(=O)c2ccccc2C1=O. The van der Waals surface area contributed by atoms with Gasteiger partial charge in [0, 0.05) is 5.92 Å². The highest BCUT2D eigenvalue weighted by Crippen LogP contribution is 2.23. The third-order valence-electron chi connectivity index (χ3n) is 3.81. The molecule has 0 aromatic heterocycles. The van der Waals surface area contributed by atoms with Gasteiger partial charge in [0.1, 0.15) is 0 Å². The average molecular weight is 317 g/mol. The summed E-state index contributed by atoms with van der Waals surface area (Å²) in [5.74, 6) is -1.47. The third kappa shape index (κ3) is 3.65. The first-order valence-electron chi connectivity index (χ1n) is 7.32. The Morgan fingerprint density at radius 2 is 1.83 bits per heavy atom. The second-order valence-electron chi connectivity index (χ2n) is 5.40. The molecule has 0 radical (unpaired) electrons. The van der Waals surface area contributed by atoms with Crippen LogP contribution in [-0.2, 0) is 9.53 Å². The van der Waals surface area contributed by atoms with E-state index in [1.54, 1.807) is 43.3 Å². The van der Waals surface area contributed by atoms with Crippen molar-refractivity contribution in [2.45, 2.75) is 19.4 Å². The van der Waals surface area contributed by atoms with Gasteiger partial charge in [0.15, 0.2) is 0 Å². The molecule has 1 N–H and O–H groups in total. The van der Waals surface area contributed by atoms with E-state index in [1.165, 1.54) is 7.11 Å². The van der Waals surface area contributed by atoms with Gasteiger partial charge in [-0.2, -0.15) is 0 Å². The maximum absolute atomic E-state index is 12.2. The highest BCUT2D eigenvalue weighted by Gasteiger charge is 2.36. The van der Waals surface area contributed by atoms with E-state index in [0.29, 0.717) is 11.1 Å². The molecule has 2 unspecified atom stereocenters. The first kappa shape index (κ1) is 16.9. The van der Waals surface area contributed by atoms with Crippen molar-refractivity contribution in [2.75, 3.05) is 13.7 Å². The van der Waals surface area contributed by atoms with Crippen LogP contribution in [-0.4, -0.2) is 47.5 Å². The Morgan fingerprint density at radius 1 is 1.26 bits per heavy atom. The number of aliphatic hydroxyl groups is 1. The van der Waals surface area contributed by atoms with E-state index in [2.05, 4.69) is 4.74 Å². The van der Waals surface area contributed by atoms with Crippen molar-refractivity contribution in [2.24, 2.45) is 5.92 Å². The number of hydrogen-bond donors (Lipinski definition) is 1. The molecule has 0 saturated heterocycles. The van der Waals surface area contributed by atoms with Gasteiger partial charge in [-0.25, -0.2) is 0 Å². The number of esters is 1.